The number of alkyl carbamates (subject to hydrolysis) is 1. The molecule has 37 heavy (non-hydrogen) atoms. The summed E-state index contributed by atoms with van der Waals surface area (Å²) in [5.74, 6) is -1.22. The van der Waals surface area contributed by atoms with Crippen molar-refractivity contribution in [1.29, 1.82) is 0 Å². The van der Waals surface area contributed by atoms with Gasteiger partial charge in [-0.3, -0.25) is 5.32 Å². The fraction of sp³-hybridized carbons (Fsp3) is 0.379. The Morgan fingerprint density at radius 2 is 2.00 bits per heavy atom. The fourth-order valence-electron chi connectivity index (χ4n) is 3.91. The van der Waals surface area contributed by atoms with Gasteiger partial charge < -0.3 is 9.64 Å². The van der Waals surface area contributed by atoms with E-state index in [1.54, 1.807) is 6.20 Å². The lowest BCUT2D eigenvalue weighted by atomic mass is 10.0. The first-order valence-corrected chi connectivity index (χ1v) is 12.7. The van der Waals surface area contributed by atoms with Gasteiger partial charge in [-0.15, -0.1) is 0 Å². The number of nitrogens with one attached hydrogen (secondary N) is 1. The first-order valence-electron chi connectivity index (χ1n) is 12.7. The standard InChI is InChI=1S/C29H36F2N4O2/c1-5-22(18-24-11-10-14-35(33-24)26-19-27(30)21(3)28(31)20-26)17-23(6-2)32-29(36)37-16-15-34(4)25-12-8-7-9-13-25/h5,8,10,12-14,17,19-20H,6-7,9,11,15-16,18H2,1-4H3,(H,32,36)/b22-5+,23-17+. The zero-order chi connectivity index (χ0) is 26.8. The summed E-state index contributed by atoms with van der Waals surface area (Å²) in [6.07, 6.45) is 17.3. The molecular formula is C29H36F2N4O2. The summed E-state index contributed by atoms with van der Waals surface area (Å²) in [4.78, 5) is 14.4. The number of carbonyl (C=O) groups is 1. The molecule has 0 radical (unpaired) electrons. The molecule has 198 valence electrons. The van der Waals surface area contributed by atoms with Gasteiger partial charge in [0.1, 0.15) is 18.2 Å². The molecule has 3 rings (SSSR count). The average Bonchev–Trinajstić information content (AvgIpc) is 2.91. The maximum atomic E-state index is 14.0. The van der Waals surface area contributed by atoms with Gasteiger partial charge in [-0.25, -0.2) is 18.6 Å². The number of anilines is 1. The molecule has 0 spiro atoms. The van der Waals surface area contributed by atoms with Crippen LogP contribution in [0.5, 0.6) is 0 Å². The summed E-state index contributed by atoms with van der Waals surface area (Å²) in [5.41, 5.74) is 3.98. The molecule has 1 aliphatic heterocycles. The number of carbonyl (C=O) groups excluding carboxylic acids is 1. The Labute approximate surface area is 218 Å². The van der Waals surface area contributed by atoms with Crippen molar-refractivity contribution in [3.05, 3.63) is 89.0 Å². The molecule has 2 aliphatic rings. The number of amides is 1. The van der Waals surface area contributed by atoms with E-state index in [1.807, 2.05) is 39.1 Å². The van der Waals surface area contributed by atoms with Crippen LogP contribution >= 0.6 is 0 Å². The van der Waals surface area contributed by atoms with Crippen molar-refractivity contribution in [3.63, 3.8) is 0 Å². The molecule has 0 fully saturated rings. The lowest BCUT2D eigenvalue weighted by molar-refractivity contribution is 0.140. The van der Waals surface area contributed by atoms with Crippen molar-refractivity contribution in [2.45, 2.75) is 52.9 Å². The Kier molecular flexibility index (Phi) is 10.2. The van der Waals surface area contributed by atoms with Crippen molar-refractivity contribution < 1.29 is 18.3 Å². The number of ether oxygens (including phenoxy) is 1. The van der Waals surface area contributed by atoms with Crippen molar-refractivity contribution in [3.8, 4) is 0 Å². The van der Waals surface area contributed by atoms with Gasteiger partial charge in [0.05, 0.1) is 12.2 Å². The monoisotopic (exact) mass is 510 g/mol. The highest BCUT2D eigenvalue weighted by atomic mass is 19.1. The first-order chi connectivity index (χ1) is 17.8. The molecule has 6 nitrogen and oxygen atoms in total. The van der Waals surface area contributed by atoms with Crippen LogP contribution in [0.15, 0.2) is 76.9 Å². The van der Waals surface area contributed by atoms with Crippen molar-refractivity contribution in [2.75, 3.05) is 25.2 Å². The van der Waals surface area contributed by atoms with E-state index >= 15 is 0 Å². The Balaban J connectivity index is 1.56. The number of nitrogens with zero attached hydrogens (tertiary/aromatic N) is 3. The van der Waals surface area contributed by atoms with E-state index < -0.39 is 17.7 Å². The van der Waals surface area contributed by atoms with E-state index in [0.717, 1.165) is 35.5 Å². The Morgan fingerprint density at radius 1 is 1.24 bits per heavy atom. The first kappa shape index (κ1) is 27.9. The number of hydrogen-bond donors (Lipinski definition) is 1. The third-order valence-electron chi connectivity index (χ3n) is 6.24. The third kappa shape index (κ3) is 8.17. The second-order valence-electron chi connectivity index (χ2n) is 8.99. The third-order valence-corrected chi connectivity index (χ3v) is 6.24. The predicted octanol–water partition coefficient (Wildman–Crippen LogP) is 6.88. The van der Waals surface area contributed by atoms with E-state index in [0.29, 0.717) is 31.5 Å². The van der Waals surface area contributed by atoms with E-state index in [1.165, 1.54) is 24.1 Å². The van der Waals surface area contributed by atoms with Crippen LogP contribution < -0.4 is 10.3 Å². The highest BCUT2D eigenvalue weighted by Gasteiger charge is 2.15. The van der Waals surface area contributed by atoms with E-state index in [9.17, 15) is 13.6 Å². The molecule has 0 atom stereocenters. The minimum atomic E-state index is -0.608. The van der Waals surface area contributed by atoms with Crippen LogP contribution in [0.2, 0.25) is 0 Å². The molecule has 0 aromatic heterocycles. The van der Waals surface area contributed by atoms with Gasteiger partial charge in [0.2, 0.25) is 0 Å². The second-order valence-corrected chi connectivity index (χ2v) is 8.99. The molecule has 0 saturated heterocycles. The van der Waals surface area contributed by atoms with Crippen LogP contribution in [0.1, 0.15) is 51.5 Å². The topological polar surface area (TPSA) is 57.2 Å². The number of hydrogen-bond acceptors (Lipinski definition) is 5. The minimum Gasteiger partial charge on any atom is -0.447 e. The van der Waals surface area contributed by atoms with Crippen LogP contribution in [-0.4, -0.2) is 36.9 Å². The smallest absolute Gasteiger partial charge is 0.411 e. The van der Waals surface area contributed by atoms with Crippen LogP contribution in [0, 0.1) is 18.6 Å². The Hall–Kier alpha value is -3.68. The molecule has 0 saturated carbocycles. The summed E-state index contributed by atoms with van der Waals surface area (Å²) in [7, 11) is 1.98. The van der Waals surface area contributed by atoms with Crippen LogP contribution in [0.25, 0.3) is 0 Å². The highest BCUT2D eigenvalue weighted by Crippen LogP contribution is 2.25. The van der Waals surface area contributed by atoms with Crippen molar-refractivity contribution in [1.82, 2.24) is 10.2 Å². The molecule has 1 aromatic rings. The fourth-order valence-corrected chi connectivity index (χ4v) is 3.91. The molecule has 0 unspecified atom stereocenters. The maximum Gasteiger partial charge on any atom is 0.411 e. The van der Waals surface area contributed by atoms with Gasteiger partial charge in [-0.2, -0.15) is 5.10 Å². The Morgan fingerprint density at radius 3 is 2.65 bits per heavy atom. The van der Waals surface area contributed by atoms with Gasteiger partial charge in [-0.1, -0.05) is 31.2 Å². The molecular weight excluding hydrogens is 474 g/mol. The highest BCUT2D eigenvalue weighted by molar-refractivity contribution is 5.90. The quantitative estimate of drug-likeness (QED) is 0.349. The second kappa shape index (κ2) is 13.6. The predicted molar refractivity (Wildman–Crippen MR) is 145 cm³/mol. The lowest BCUT2D eigenvalue weighted by Crippen LogP contribution is -2.28. The zero-order valence-corrected chi connectivity index (χ0v) is 22.1. The summed E-state index contributed by atoms with van der Waals surface area (Å²) in [6, 6.07) is 2.55. The molecule has 1 aliphatic carbocycles. The minimum absolute atomic E-state index is 0.0146. The lowest BCUT2D eigenvalue weighted by Gasteiger charge is -2.22. The molecule has 1 aromatic carbocycles. The number of allylic oxidation sites excluding steroid dienone is 8. The number of halogens is 2. The number of hydrazone groups is 1. The van der Waals surface area contributed by atoms with Crippen molar-refractivity contribution >= 4 is 17.5 Å². The van der Waals surface area contributed by atoms with E-state index in [2.05, 4.69) is 33.5 Å². The molecule has 1 heterocycles. The van der Waals surface area contributed by atoms with Crippen molar-refractivity contribution in [2.24, 2.45) is 5.10 Å². The molecule has 8 heteroatoms. The van der Waals surface area contributed by atoms with Crippen LogP contribution in [0.3, 0.4) is 0 Å². The SMILES string of the molecule is C/C=C(\C=C(/CC)NC(=O)OCCN(C)C1=CCCC=C1)CC1=NN(c2cc(F)c(C)c(F)c2)C=CC1. The van der Waals surface area contributed by atoms with Crippen LogP contribution in [-0.2, 0) is 4.74 Å². The summed E-state index contributed by atoms with van der Waals surface area (Å²) < 4.78 is 33.5. The van der Waals surface area contributed by atoms with Gasteiger partial charge in [0.25, 0.3) is 0 Å². The van der Waals surface area contributed by atoms with Gasteiger partial charge >= 0.3 is 6.09 Å². The zero-order valence-electron chi connectivity index (χ0n) is 22.1. The molecule has 0 bridgehead atoms. The van der Waals surface area contributed by atoms with E-state index in [-0.39, 0.29) is 12.2 Å². The number of benzene rings is 1. The molecule has 1 amide bonds. The Bertz CT molecular complexity index is 1140. The number of likely N-dealkylation sites (N-methyl/N-ethyl adjacent to an activating group) is 1. The van der Waals surface area contributed by atoms with E-state index in [4.69, 9.17) is 4.74 Å². The normalized spacial score (nSPS) is 15.9. The van der Waals surface area contributed by atoms with Crippen LogP contribution in [0.4, 0.5) is 19.3 Å². The summed E-state index contributed by atoms with van der Waals surface area (Å²) in [5, 5.41) is 8.89. The average molecular weight is 511 g/mol. The number of rotatable bonds is 10. The largest absolute Gasteiger partial charge is 0.447 e. The van der Waals surface area contributed by atoms with Gasteiger partial charge in [0, 0.05) is 60.9 Å². The maximum absolute atomic E-state index is 14.0. The molecule has 1 N–H and O–H groups in total. The van der Waals surface area contributed by atoms with Gasteiger partial charge in [0.15, 0.2) is 0 Å². The summed E-state index contributed by atoms with van der Waals surface area (Å²) in [6.45, 7) is 6.16. The van der Waals surface area contributed by atoms with Gasteiger partial charge in [-0.05, 0) is 50.8 Å². The summed E-state index contributed by atoms with van der Waals surface area (Å²) >= 11 is 0.